The van der Waals surface area contributed by atoms with E-state index in [0.29, 0.717) is 10.8 Å². The average molecular weight is 272 g/mol. The zero-order valence-corrected chi connectivity index (χ0v) is 9.95. The predicted octanol–water partition coefficient (Wildman–Crippen LogP) is 2.22. The van der Waals surface area contributed by atoms with E-state index >= 15 is 0 Å². The van der Waals surface area contributed by atoms with Gasteiger partial charge in [0, 0.05) is 24.2 Å². The number of anilines is 1. The molecule has 0 amide bonds. The highest BCUT2D eigenvalue weighted by atomic mass is 19.4. The third kappa shape index (κ3) is 2.81. The van der Waals surface area contributed by atoms with Crippen LogP contribution in [0.1, 0.15) is 0 Å². The van der Waals surface area contributed by atoms with E-state index in [0.717, 1.165) is 4.57 Å². The molecule has 0 aliphatic rings. The predicted molar refractivity (Wildman–Crippen MR) is 65.4 cm³/mol. The Morgan fingerprint density at radius 3 is 2.63 bits per heavy atom. The number of alkyl halides is 3. The molecule has 2 N–H and O–H groups in total. The summed E-state index contributed by atoms with van der Waals surface area (Å²) in [6, 6.07) is 5.52. The lowest BCUT2D eigenvalue weighted by molar-refractivity contribution is -0.115. The molecular weight excluding hydrogens is 261 g/mol. The van der Waals surface area contributed by atoms with Gasteiger partial charge in [0.05, 0.1) is 0 Å². The Hall–Kier alpha value is -2.18. The maximum Gasteiger partial charge on any atom is 0.405 e. The summed E-state index contributed by atoms with van der Waals surface area (Å²) in [7, 11) is 1.41. The molecule has 19 heavy (non-hydrogen) atoms. The van der Waals surface area contributed by atoms with Gasteiger partial charge < -0.3 is 10.4 Å². The first-order valence-electron chi connectivity index (χ1n) is 5.41. The van der Waals surface area contributed by atoms with Crippen LogP contribution < -0.4 is 10.9 Å². The summed E-state index contributed by atoms with van der Waals surface area (Å²) in [5.74, 6) is -0.218. The first-order chi connectivity index (χ1) is 8.78. The van der Waals surface area contributed by atoms with E-state index in [-0.39, 0.29) is 11.6 Å². The maximum absolute atomic E-state index is 12.1. The van der Waals surface area contributed by atoms with Crippen molar-refractivity contribution in [2.45, 2.75) is 6.18 Å². The molecule has 0 unspecified atom stereocenters. The smallest absolute Gasteiger partial charge is 0.405 e. The van der Waals surface area contributed by atoms with Crippen LogP contribution in [0.4, 0.5) is 18.9 Å². The second-order valence-corrected chi connectivity index (χ2v) is 4.14. The molecule has 0 atom stereocenters. The van der Waals surface area contributed by atoms with Gasteiger partial charge in [-0.3, -0.25) is 9.36 Å². The number of aromatic hydroxyl groups is 1. The fourth-order valence-corrected chi connectivity index (χ4v) is 1.71. The number of nitrogens with one attached hydrogen (secondary N) is 1. The molecule has 0 saturated carbocycles. The molecule has 1 heterocycles. The van der Waals surface area contributed by atoms with Gasteiger partial charge in [-0.2, -0.15) is 13.2 Å². The molecule has 0 aliphatic heterocycles. The molecule has 7 heteroatoms. The van der Waals surface area contributed by atoms with Crippen molar-refractivity contribution in [3.63, 3.8) is 0 Å². The summed E-state index contributed by atoms with van der Waals surface area (Å²) < 4.78 is 37.3. The lowest BCUT2D eigenvalue weighted by Gasteiger charge is -2.11. The summed E-state index contributed by atoms with van der Waals surface area (Å²) in [6.45, 7) is -1.16. The second-order valence-electron chi connectivity index (χ2n) is 4.14. The molecule has 0 spiro atoms. The van der Waals surface area contributed by atoms with Crippen molar-refractivity contribution in [3.8, 4) is 5.88 Å². The number of benzene rings is 1. The fourth-order valence-electron chi connectivity index (χ4n) is 1.71. The molecule has 0 radical (unpaired) electrons. The highest BCUT2D eigenvalue weighted by Crippen LogP contribution is 2.25. The number of nitrogens with zero attached hydrogens (tertiary/aromatic N) is 1. The van der Waals surface area contributed by atoms with E-state index in [9.17, 15) is 23.1 Å². The molecule has 1 aromatic carbocycles. The molecule has 1 aromatic heterocycles. The van der Waals surface area contributed by atoms with Crippen LogP contribution in [0.3, 0.4) is 0 Å². The summed E-state index contributed by atoms with van der Waals surface area (Å²) >= 11 is 0. The minimum absolute atomic E-state index is 0.218. The van der Waals surface area contributed by atoms with Gasteiger partial charge in [-0.05, 0) is 23.6 Å². The van der Waals surface area contributed by atoms with Gasteiger partial charge >= 0.3 is 6.18 Å². The third-order valence-electron chi connectivity index (χ3n) is 2.71. The maximum atomic E-state index is 12.1. The van der Waals surface area contributed by atoms with Crippen LogP contribution in [0.5, 0.6) is 5.88 Å². The highest BCUT2D eigenvalue weighted by Gasteiger charge is 2.26. The first-order valence-corrected chi connectivity index (χ1v) is 5.41. The zero-order chi connectivity index (χ0) is 14.2. The van der Waals surface area contributed by atoms with Crippen molar-refractivity contribution in [1.29, 1.82) is 0 Å². The van der Waals surface area contributed by atoms with Gasteiger partial charge in [0.1, 0.15) is 6.54 Å². The van der Waals surface area contributed by atoms with Crippen molar-refractivity contribution >= 4 is 16.5 Å². The SMILES string of the molecule is Cn1c(O)c2ccc(NCC(F)(F)F)cc2cc1=O. The van der Waals surface area contributed by atoms with Crippen LogP contribution in [0.25, 0.3) is 10.8 Å². The summed E-state index contributed by atoms with van der Waals surface area (Å²) in [6.07, 6.45) is -4.32. The van der Waals surface area contributed by atoms with E-state index < -0.39 is 18.3 Å². The van der Waals surface area contributed by atoms with Gasteiger partial charge in [-0.25, -0.2) is 0 Å². The molecule has 2 aromatic rings. The van der Waals surface area contributed by atoms with Gasteiger partial charge in [0.25, 0.3) is 5.56 Å². The minimum atomic E-state index is -4.32. The number of rotatable bonds is 2. The van der Waals surface area contributed by atoms with Gasteiger partial charge in [-0.1, -0.05) is 0 Å². The number of fused-ring (bicyclic) bond motifs is 1. The molecule has 0 bridgehead atoms. The summed E-state index contributed by atoms with van der Waals surface area (Å²) in [4.78, 5) is 11.5. The van der Waals surface area contributed by atoms with Crippen LogP contribution in [0.2, 0.25) is 0 Å². The van der Waals surface area contributed by atoms with E-state index in [1.807, 2.05) is 0 Å². The molecule has 0 aliphatic carbocycles. The quantitative estimate of drug-likeness (QED) is 0.881. The van der Waals surface area contributed by atoms with Crippen LogP contribution in [-0.4, -0.2) is 22.4 Å². The van der Waals surface area contributed by atoms with Crippen molar-refractivity contribution in [1.82, 2.24) is 4.57 Å². The topological polar surface area (TPSA) is 54.3 Å². The van der Waals surface area contributed by atoms with E-state index in [4.69, 9.17) is 0 Å². The van der Waals surface area contributed by atoms with Crippen LogP contribution in [0.15, 0.2) is 29.1 Å². The molecule has 4 nitrogen and oxygen atoms in total. The molecule has 0 fully saturated rings. The fraction of sp³-hybridized carbons (Fsp3) is 0.250. The largest absolute Gasteiger partial charge is 0.494 e. The Morgan fingerprint density at radius 2 is 2.00 bits per heavy atom. The second kappa shape index (κ2) is 4.49. The first kappa shape index (κ1) is 13.3. The Labute approximate surface area is 106 Å². The Bertz CT molecular complexity index is 677. The van der Waals surface area contributed by atoms with Crippen LogP contribution >= 0.6 is 0 Å². The van der Waals surface area contributed by atoms with Crippen molar-refractivity contribution in [2.75, 3.05) is 11.9 Å². The standard InChI is InChI=1S/C12H11F3N2O2/c1-17-10(18)5-7-4-8(16-6-12(13,14)15)2-3-9(7)11(17)19/h2-5,16,19H,6H2,1H3. The number of hydrogen-bond acceptors (Lipinski definition) is 3. The van der Waals surface area contributed by atoms with Crippen molar-refractivity contribution < 1.29 is 18.3 Å². The zero-order valence-electron chi connectivity index (χ0n) is 9.95. The summed E-state index contributed by atoms with van der Waals surface area (Å²) in [5, 5.41) is 12.8. The lowest BCUT2D eigenvalue weighted by Crippen LogP contribution is -2.21. The van der Waals surface area contributed by atoms with Crippen molar-refractivity contribution in [3.05, 3.63) is 34.6 Å². The number of aromatic nitrogens is 1. The van der Waals surface area contributed by atoms with E-state index in [1.54, 1.807) is 0 Å². The Balaban J connectivity index is 2.41. The third-order valence-corrected chi connectivity index (χ3v) is 2.71. The molecule has 0 saturated heterocycles. The molecule has 2 rings (SSSR count). The van der Waals surface area contributed by atoms with Gasteiger partial charge in [0.2, 0.25) is 5.88 Å². The number of pyridine rings is 1. The van der Waals surface area contributed by atoms with Gasteiger partial charge in [-0.15, -0.1) is 0 Å². The normalized spacial score (nSPS) is 11.8. The number of halogens is 3. The van der Waals surface area contributed by atoms with Gasteiger partial charge in [0.15, 0.2) is 0 Å². The molecule has 102 valence electrons. The Morgan fingerprint density at radius 1 is 1.32 bits per heavy atom. The average Bonchev–Trinajstić information content (AvgIpc) is 2.32. The monoisotopic (exact) mass is 272 g/mol. The number of hydrogen-bond donors (Lipinski definition) is 2. The van der Waals surface area contributed by atoms with E-state index in [1.165, 1.54) is 31.3 Å². The highest BCUT2D eigenvalue weighted by molar-refractivity contribution is 5.89. The lowest BCUT2D eigenvalue weighted by atomic mass is 10.1. The van der Waals surface area contributed by atoms with Crippen molar-refractivity contribution in [2.24, 2.45) is 7.05 Å². The minimum Gasteiger partial charge on any atom is -0.494 e. The van der Waals surface area contributed by atoms with Crippen LogP contribution in [-0.2, 0) is 7.05 Å². The van der Waals surface area contributed by atoms with E-state index in [2.05, 4.69) is 5.32 Å². The molecular formula is C12H11F3N2O2. The van der Waals surface area contributed by atoms with Crippen LogP contribution in [0, 0.1) is 0 Å². The Kier molecular flexibility index (Phi) is 3.13. The summed E-state index contributed by atoms with van der Waals surface area (Å²) in [5.41, 5.74) is -0.199.